The molecular weight excluding hydrogens is 390 g/mol. The highest BCUT2D eigenvalue weighted by Crippen LogP contribution is 2.34. The molecule has 0 saturated carbocycles. The molecule has 5 heteroatoms. The van der Waals surface area contributed by atoms with Crippen molar-refractivity contribution in [3.8, 4) is 5.75 Å². The molecule has 3 aromatic carbocycles. The first kappa shape index (κ1) is 19.1. The zero-order chi connectivity index (χ0) is 20.3. The summed E-state index contributed by atoms with van der Waals surface area (Å²) in [5.41, 5.74) is 3.43. The summed E-state index contributed by atoms with van der Waals surface area (Å²) in [6.45, 7) is 3.84. The minimum atomic E-state index is 0.263. The molecule has 1 fully saturated rings. The second-order valence-electron chi connectivity index (χ2n) is 7.87. The van der Waals surface area contributed by atoms with Gasteiger partial charge in [-0.25, -0.2) is 4.98 Å². The van der Waals surface area contributed by atoms with Crippen molar-refractivity contribution in [1.29, 1.82) is 0 Å². The van der Waals surface area contributed by atoms with E-state index in [0.717, 1.165) is 42.4 Å². The summed E-state index contributed by atoms with van der Waals surface area (Å²) in [4.78, 5) is 9.75. The quantitative estimate of drug-likeness (QED) is 0.501. The number of anilines is 1. The molecule has 5 rings (SSSR count). The number of fused-ring (bicyclic) bond motifs is 1. The lowest BCUT2D eigenvalue weighted by Gasteiger charge is -2.41. The molecule has 4 aromatic rings. The fraction of sp³-hybridized carbons (Fsp3) is 0.240. The van der Waals surface area contributed by atoms with Gasteiger partial charge in [0, 0.05) is 32.2 Å². The summed E-state index contributed by atoms with van der Waals surface area (Å²) in [5.74, 6) is 0.263. The van der Waals surface area contributed by atoms with Crippen molar-refractivity contribution in [3.05, 3.63) is 90.0 Å². The number of rotatable bonds is 5. The molecule has 1 aliphatic heterocycles. The highest BCUT2D eigenvalue weighted by molar-refractivity contribution is 7.22. The van der Waals surface area contributed by atoms with Crippen LogP contribution in [-0.4, -0.2) is 40.7 Å². The maximum absolute atomic E-state index is 10.2. The zero-order valence-electron chi connectivity index (χ0n) is 16.8. The molecular formula is C25H25N3OS. The van der Waals surface area contributed by atoms with Crippen molar-refractivity contribution in [2.75, 3.05) is 24.5 Å². The van der Waals surface area contributed by atoms with Gasteiger partial charge in [0.25, 0.3) is 0 Å². The van der Waals surface area contributed by atoms with E-state index in [1.165, 1.54) is 11.1 Å². The van der Waals surface area contributed by atoms with E-state index < -0.39 is 0 Å². The molecule has 1 atom stereocenters. The molecule has 0 spiro atoms. The van der Waals surface area contributed by atoms with E-state index in [0.29, 0.717) is 11.6 Å². The van der Waals surface area contributed by atoms with Gasteiger partial charge in [-0.3, -0.25) is 4.90 Å². The van der Waals surface area contributed by atoms with E-state index in [2.05, 4.69) is 70.5 Å². The number of para-hydroxylation sites is 1. The summed E-state index contributed by atoms with van der Waals surface area (Å²) in [6, 6.07) is 27.5. The summed E-state index contributed by atoms with van der Waals surface area (Å²) in [5, 5.41) is 11.2. The Hall–Kier alpha value is -2.89. The first-order valence-corrected chi connectivity index (χ1v) is 11.2. The predicted octanol–water partition coefficient (Wildman–Crippen LogP) is 4.94. The van der Waals surface area contributed by atoms with Gasteiger partial charge >= 0.3 is 0 Å². The van der Waals surface area contributed by atoms with E-state index in [-0.39, 0.29) is 5.75 Å². The smallest absolute Gasteiger partial charge is 0.186 e. The molecule has 1 saturated heterocycles. The number of phenols is 1. The van der Waals surface area contributed by atoms with E-state index in [9.17, 15) is 5.11 Å². The van der Waals surface area contributed by atoms with Crippen LogP contribution in [0.25, 0.3) is 10.2 Å². The third kappa shape index (κ3) is 4.04. The highest BCUT2D eigenvalue weighted by Gasteiger charge is 2.29. The molecule has 30 heavy (non-hydrogen) atoms. The maximum Gasteiger partial charge on any atom is 0.186 e. The molecule has 0 bridgehead atoms. The number of piperazine rings is 1. The Kier molecular flexibility index (Phi) is 5.39. The number of aromatic nitrogens is 1. The topological polar surface area (TPSA) is 39.6 Å². The largest absolute Gasteiger partial charge is 0.506 e. The second-order valence-corrected chi connectivity index (χ2v) is 8.88. The van der Waals surface area contributed by atoms with Crippen LogP contribution in [0.2, 0.25) is 0 Å². The van der Waals surface area contributed by atoms with Crippen molar-refractivity contribution < 1.29 is 5.11 Å². The normalized spacial score (nSPS) is 17.5. The maximum atomic E-state index is 10.2. The van der Waals surface area contributed by atoms with E-state index in [1.54, 1.807) is 17.4 Å². The van der Waals surface area contributed by atoms with Crippen LogP contribution in [0.15, 0.2) is 78.9 Å². The van der Waals surface area contributed by atoms with Gasteiger partial charge in [-0.05, 0) is 29.7 Å². The van der Waals surface area contributed by atoms with Gasteiger partial charge in [-0.1, -0.05) is 78.1 Å². The fourth-order valence-electron chi connectivity index (χ4n) is 4.23. The Morgan fingerprint density at radius 2 is 1.60 bits per heavy atom. The van der Waals surface area contributed by atoms with Crippen LogP contribution in [0.3, 0.4) is 0 Å². The fourth-order valence-corrected chi connectivity index (χ4v) is 5.25. The Bertz CT molecular complexity index is 1110. The van der Waals surface area contributed by atoms with Crippen LogP contribution in [0.4, 0.5) is 5.13 Å². The van der Waals surface area contributed by atoms with E-state index in [4.69, 9.17) is 4.98 Å². The molecule has 152 valence electrons. The van der Waals surface area contributed by atoms with Gasteiger partial charge in [0.1, 0.15) is 11.3 Å². The Balaban J connectivity index is 1.40. The second kappa shape index (κ2) is 8.46. The number of benzene rings is 3. The van der Waals surface area contributed by atoms with Gasteiger partial charge in [0.2, 0.25) is 0 Å². The summed E-state index contributed by atoms with van der Waals surface area (Å²) < 4.78 is 1.04. The van der Waals surface area contributed by atoms with Crippen molar-refractivity contribution in [3.63, 3.8) is 0 Å². The molecule has 4 nitrogen and oxygen atoms in total. The van der Waals surface area contributed by atoms with Crippen molar-refractivity contribution in [2.24, 2.45) is 0 Å². The predicted molar refractivity (Wildman–Crippen MR) is 124 cm³/mol. The van der Waals surface area contributed by atoms with Crippen molar-refractivity contribution in [1.82, 2.24) is 9.88 Å². The van der Waals surface area contributed by atoms with Crippen LogP contribution in [0.5, 0.6) is 5.75 Å². The summed E-state index contributed by atoms with van der Waals surface area (Å²) in [7, 11) is 0. The first-order chi connectivity index (χ1) is 14.8. The van der Waals surface area contributed by atoms with Gasteiger partial charge in [0.15, 0.2) is 5.13 Å². The number of aromatic hydroxyl groups is 1. The van der Waals surface area contributed by atoms with Gasteiger partial charge in [-0.15, -0.1) is 0 Å². The number of hydrogen-bond acceptors (Lipinski definition) is 5. The van der Waals surface area contributed by atoms with Crippen LogP contribution < -0.4 is 4.90 Å². The summed E-state index contributed by atoms with van der Waals surface area (Å²) >= 11 is 1.67. The SMILES string of the molecule is Oc1cccc2sc(N3CCN(Cc4ccccc4)C(Cc4ccccc4)C3)nc12. The van der Waals surface area contributed by atoms with Crippen molar-refractivity contribution in [2.45, 2.75) is 19.0 Å². The Labute approximate surface area is 181 Å². The molecule has 1 N–H and O–H groups in total. The average molecular weight is 416 g/mol. The zero-order valence-corrected chi connectivity index (χ0v) is 17.6. The third-order valence-corrected chi connectivity index (χ3v) is 6.89. The third-order valence-electron chi connectivity index (χ3n) is 5.80. The van der Waals surface area contributed by atoms with Crippen LogP contribution in [-0.2, 0) is 13.0 Å². The van der Waals surface area contributed by atoms with Gasteiger partial charge in [-0.2, -0.15) is 0 Å². The van der Waals surface area contributed by atoms with Crippen LogP contribution >= 0.6 is 11.3 Å². The molecule has 0 aliphatic carbocycles. The van der Waals surface area contributed by atoms with Gasteiger partial charge < -0.3 is 10.0 Å². The number of hydrogen-bond donors (Lipinski definition) is 1. The minimum absolute atomic E-state index is 0.263. The molecule has 1 unspecified atom stereocenters. The molecule has 1 aliphatic rings. The van der Waals surface area contributed by atoms with E-state index >= 15 is 0 Å². The Morgan fingerprint density at radius 3 is 2.33 bits per heavy atom. The number of nitrogens with zero attached hydrogens (tertiary/aromatic N) is 3. The molecule has 0 radical (unpaired) electrons. The average Bonchev–Trinajstić information content (AvgIpc) is 3.22. The van der Waals surface area contributed by atoms with Crippen molar-refractivity contribution >= 4 is 26.7 Å². The highest BCUT2D eigenvalue weighted by atomic mass is 32.1. The lowest BCUT2D eigenvalue weighted by atomic mass is 10.0. The molecule has 1 aromatic heterocycles. The number of phenolic OH excluding ortho intramolecular Hbond substituents is 1. The van der Waals surface area contributed by atoms with E-state index in [1.807, 2.05) is 12.1 Å². The first-order valence-electron chi connectivity index (χ1n) is 10.4. The summed E-state index contributed by atoms with van der Waals surface area (Å²) in [6.07, 6.45) is 1.01. The lowest BCUT2D eigenvalue weighted by Crippen LogP contribution is -2.53. The van der Waals surface area contributed by atoms with Crippen LogP contribution in [0.1, 0.15) is 11.1 Å². The van der Waals surface area contributed by atoms with Crippen LogP contribution in [0, 0.1) is 0 Å². The molecule has 2 heterocycles. The lowest BCUT2D eigenvalue weighted by molar-refractivity contribution is 0.167. The molecule has 0 amide bonds. The Morgan fingerprint density at radius 1 is 0.867 bits per heavy atom. The minimum Gasteiger partial charge on any atom is -0.506 e. The monoisotopic (exact) mass is 415 g/mol. The van der Waals surface area contributed by atoms with Gasteiger partial charge in [0.05, 0.1) is 4.70 Å². The standard InChI is InChI=1S/C25H25N3OS/c29-22-12-7-13-23-24(22)26-25(30-23)28-15-14-27(17-20-10-5-2-6-11-20)21(18-28)16-19-8-3-1-4-9-19/h1-13,21,29H,14-18H2. The number of thiazole rings is 1.